The van der Waals surface area contributed by atoms with Gasteiger partial charge in [0.25, 0.3) is 11.8 Å². The van der Waals surface area contributed by atoms with Crippen molar-refractivity contribution in [1.29, 1.82) is 0 Å². The summed E-state index contributed by atoms with van der Waals surface area (Å²) in [6, 6.07) is 9.22. The molecule has 5 rings (SSSR count). The molecule has 0 saturated heterocycles. The van der Waals surface area contributed by atoms with Gasteiger partial charge in [0.1, 0.15) is 17.3 Å². The van der Waals surface area contributed by atoms with Gasteiger partial charge in [-0.3, -0.25) is 18.7 Å². The number of amides is 2. The molecule has 37 heavy (non-hydrogen) atoms. The summed E-state index contributed by atoms with van der Waals surface area (Å²) in [7, 11) is 1.43. The van der Waals surface area contributed by atoms with Crippen LogP contribution in [-0.4, -0.2) is 62.2 Å². The van der Waals surface area contributed by atoms with Crippen molar-refractivity contribution in [2.75, 3.05) is 20.2 Å². The molecule has 2 amide bonds. The maximum atomic E-state index is 14.6. The van der Waals surface area contributed by atoms with E-state index in [-0.39, 0.29) is 56.4 Å². The van der Waals surface area contributed by atoms with Crippen molar-refractivity contribution in [2.45, 2.75) is 32.3 Å². The van der Waals surface area contributed by atoms with E-state index in [2.05, 4.69) is 15.9 Å². The van der Waals surface area contributed by atoms with Crippen LogP contribution in [0.5, 0.6) is 5.75 Å². The zero-order valence-corrected chi connectivity index (χ0v) is 22.1. The molecule has 0 spiro atoms. The molecule has 3 heterocycles. The number of rotatable bonds is 4. The molecule has 3 aromatic rings. The number of hydrogen-bond acceptors (Lipinski definition) is 5. The minimum atomic E-state index is -1.03. The normalized spacial score (nSPS) is 17.3. The van der Waals surface area contributed by atoms with Crippen LogP contribution in [0.1, 0.15) is 32.1 Å². The number of halogens is 3. The van der Waals surface area contributed by atoms with Crippen LogP contribution >= 0.6 is 27.5 Å². The number of aliphatic hydroxyl groups is 1. The average molecular weight is 594 g/mol. The third-order valence-corrected chi connectivity index (χ3v) is 7.89. The highest BCUT2D eigenvalue weighted by atomic mass is 79.9. The summed E-state index contributed by atoms with van der Waals surface area (Å²) in [6.45, 7) is 0.213. The molecule has 2 aliphatic rings. The molecule has 2 aromatic carbocycles. The van der Waals surface area contributed by atoms with Gasteiger partial charge < -0.3 is 19.6 Å². The van der Waals surface area contributed by atoms with Crippen molar-refractivity contribution >= 4 is 39.3 Å². The van der Waals surface area contributed by atoms with Crippen molar-refractivity contribution in [1.82, 2.24) is 18.9 Å². The Morgan fingerprint density at radius 3 is 2.65 bits per heavy atom. The average Bonchev–Trinajstić information content (AvgIpc) is 3.08. The van der Waals surface area contributed by atoms with E-state index >= 15 is 0 Å². The summed E-state index contributed by atoms with van der Waals surface area (Å²) in [5.74, 6) is -1.01. The van der Waals surface area contributed by atoms with Gasteiger partial charge in [-0.15, -0.1) is 0 Å². The van der Waals surface area contributed by atoms with Crippen LogP contribution in [0.15, 0.2) is 45.7 Å². The Hall–Kier alpha value is -3.15. The second-order valence-electron chi connectivity index (χ2n) is 8.99. The number of nitrogens with zero attached hydrogens (tertiary/aromatic N) is 4. The number of hydrogen-bond donors (Lipinski definition) is 1. The van der Waals surface area contributed by atoms with E-state index in [1.54, 1.807) is 29.2 Å². The first-order valence-electron chi connectivity index (χ1n) is 11.5. The van der Waals surface area contributed by atoms with Crippen molar-refractivity contribution in [2.24, 2.45) is 0 Å². The predicted molar refractivity (Wildman–Crippen MR) is 136 cm³/mol. The van der Waals surface area contributed by atoms with Gasteiger partial charge in [-0.1, -0.05) is 17.7 Å². The van der Waals surface area contributed by atoms with Gasteiger partial charge in [-0.05, 0) is 40.2 Å². The molecule has 1 N–H and O–H groups in total. The second-order valence-corrected chi connectivity index (χ2v) is 10.3. The minimum Gasteiger partial charge on any atom is -0.497 e. The molecular weight excluding hydrogens is 571 g/mol. The van der Waals surface area contributed by atoms with Gasteiger partial charge in [-0.25, -0.2) is 9.18 Å². The maximum Gasteiger partial charge on any atom is 0.329 e. The topological polar surface area (TPSA) is 97.0 Å². The first kappa shape index (κ1) is 25.5. The van der Waals surface area contributed by atoms with Crippen LogP contribution in [-0.2, 0) is 26.2 Å². The van der Waals surface area contributed by atoms with E-state index in [9.17, 15) is 23.9 Å². The summed E-state index contributed by atoms with van der Waals surface area (Å²) in [6.07, 6.45) is -1.03. The smallest absolute Gasteiger partial charge is 0.329 e. The highest BCUT2D eigenvalue weighted by Gasteiger charge is 2.36. The number of benzene rings is 2. The molecule has 2 aliphatic heterocycles. The monoisotopic (exact) mass is 592 g/mol. The van der Waals surface area contributed by atoms with E-state index < -0.39 is 23.5 Å². The van der Waals surface area contributed by atoms with E-state index in [1.807, 2.05) is 0 Å². The molecule has 1 aromatic heterocycles. The van der Waals surface area contributed by atoms with E-state index in [4.69, 9.17) is 16.3 Å². The Morgan fingerprint density at radius 1 is 1.16 bits per heavy atom. The number of aromatic nitrogens is 2. The first-order chi connectivity index (χ1) is 17.7. The zero-order valence-electron chi connectivity index (χ0n) is 19.8. The van der Waals surface area contributed by atoms with Crippen LogP contribution in [0, 0.1) is 5.82 Å². The number of imidazole rings is 1. The maximum absolute atomic E-state index is 14.6. The largest absolute Gasteiger partial charge is 0.497 e. The Morgan fingerprint density at radius 2 is 1.95 bits per heavy atom. The Balaban J connectivity index is 1.48. The lowest BCUT2D eigenvalue weighted by Crippen LogP contribution is -2.42. The summed E-state index contributed by atoms with van der Waals surface area (Å²) in [5, 5.41) is 11.0. The van der Waals surface area contributed by atoms with E-state index in [0.29, 0.717) is 26.5 Å². The number of carbonyl (C=O) groups excluding carboxylic acids is 2. The lowest BCUT2D eigenvalue weighted by molar-refractivity contribution is 0.0614. The Bertz CT molecular complexity index is 1470. The highest BCUT2D eigenvalue weighted by molar-refractivity contribution is 9.10. The first-order valence-corrected chi connectivity index (χ1v) is 12.7. The predicted octanol–water partition coefficient (Wildman–Crippen LogP) is 2.89. The van der Waals surface area contributed by atoms with Gasteiger partial charge in [0, 0.05) is 47.8 Å². The number of aliphatic hydroxyl groups excluding tert-OH is 1. The molecule has 0 unspecified atom stereocenters. The molecule has 0 saturated carbocycles. The fourth-order valence-corrected chi connectivity index (χ4v) is 5.21. The molecular formula is C25H23BrClFN4O5. The van der Waals surface area contributed by atoms with Crippen LogP contribution in [0.3, 0.4) is 0 Å². The van der Waals surface area contributed by atoms with Gasteiger partial charge in [-0.2, -0.15) is 0 Å². The molecule has 0 aliphatic carbocycles. The highest BCUT2D eigenvalue weighted by Crippen LogP contribution is 2.27. The standard InChI is InChI=1S/C25H23BrClFN4O5/c1-37-17-4-2-15(20(28)9-17)10-30-11-16(33)12-32-22(24(30)35)21-13-29(6-7-31(21)25(32)36)23(34)14-3-5-18(26)19(27)8-14/h2-5,8-9,16,33H,6-7,10-13H2,1H3/t16-/m1/s1. The van der Waals surface area contributed by atoms with Crippen molar-refractivity contribution in [3.8, 4) is 5.75 Å². The third kappa shape index (κ3) is 4.67. The van der Waals surface area contributed by atoms with Gasteiger partial charge in [0.15, 0.2) is 0 Å². The van der Waals surface area contributed by atoms with E-state index in [0.717, 1.165) is 0 Å². The fraction of sp³-hybridized carbons (Fsp3) is 0.320. The van der Waals surface area contributed by atoms with Crippen molar-refractivity contribution in [3.05, 3.63) is 84.7 Å². The quantitative estimate of drug-likeness (QED) is 0.502. The SMILES string of the molecule is COc1ccc(CN2C[C@@H](O)Cn3c(c4n(c3=O)CCN(C(=O)c3ccc(Br)c(Cl)c3)C4)C2=O)c(F)c1. The number of fused-ring (bicyclic) bond motifs is 3. The molecule has 194 valence electrons. The molecule has 1 atom stereocenters. The van der Waals surface area contributed by atoms with Gasteiger partial charge in [0.2, 0.25) is 0 Å². The van der Waals surface area contributed by atoms with Gasteiger partial charge >= 0.3 is 5.69 Å². The molecule has 0 bridgehead atoms. The summed E-state index contributed by atoms with van der Waals surface area (Å²) >= 11 is 9.47. The van der Waals surface area contributed by atoms with E-state index in [1.165, 1.54) is 33.3 Å². The van der Waals surface area contributed by atoms with Crippen molar-refractivity contribution < 1.29 is 23.8 Å². The number of β-amino-alcohol motifs (C(OH)–C–C–N with tert-alkyl or cyclic N) is 1. The molecule has 0 radical (unpaired) electrons. The van der Waals surface area contributed by atoms with Crippen molar-refractivity contribution in [3.63, 3.8) is 0 Å². The molecule has 9 nitrogen and oxygen atoms in total. The zero-order chi connectivity index (χ0) is 26.4. The Labute approximate surface area is 224 Å². The van der Waals surface area contributed by atoms with Crippen LogP contribution in [0.4, 0.5) is 4.39 Å². The fourth-order valence-electron chi connectivity index (χ4n) is 4.79. The lowest BCUT2D eigenvalue weighted by Gasteiger charge is -2.29. The van der Waals surface area contributed by atoms with Crippen LogP contribution < -0.4 is 10.4 Å². The minimum absolute atomic E-state index is 0.0245. The Kier molecular flexibility index (Phi) is 6.86. The summed E-state index contributed by atoms with van der Waals surface area (Å²) in [4.78, 5) is 43.0. The summed E-state index contributed by atoms with van der Waals surface area (Å²) in [5.41, 5.74) is 0.685. The lowest BCUT2D eigenvalue weighted by atomic mass is 10.1. The molecule has 0 fully saturated rings. The number of methoxy groups -OCH3 is 1. The summed E-state index contributed by atoms with van der Waals surface area (Å²) < 4.78 is 23.1. The third-order valence-electron chi connectivity index (χ3n) is 6.65. The number of carbonyl (C=O) groups is 2. The number of ether oxygens (including phenoxy) is 1. The second kappa shape index (κ2) is 9.96. The van der Waals surface area contributed by atoms with Crippen LogP contribution in [0.25, 0.3) is 0 Å². The van der Waals surface area contributed by atoms with Gasteiger partial charge in [0.05, 0.1) is 37.0 Å². The van der Waals surface area contributed by atoms with Crippen LogP contribution in [0.2, 0.25) is 5.02 Å². The molecule has 12 heteroatoms.